The van der Waals surface area contributed by atoms with E-state index in [0.717, 1.165) is 11.4 Å². The van der Waals surface area contributed by atoms with Crippen molar-refractivity contribution in [3.05, 3.63) is 46.5 Å². The highest BCUT2D eigenvalue weighted by atomic mass is 35.5. The van der Waals surface area contributed by atoms with Gasteiger partial charge in [0.2, 0.25) is 0 Å². The fourth-order valence-electron chi connectivity index (χ4n) is 1.80. The van der Waals surface area contributed by atoms with Crippen LogP contribution in [-0.4, -0.2) is 4.57 Å². The van der Waals surface area contributed by atoms with E-state index in [0.29, 0.717) is 16.4 Å². The molecular weight excluding hydrogens is 227 g/mol. The quantitative estimate of drug-likeness (QED) is 0.758. The lowest BCUT2D eigenvalue weighted by molar-refractivity contribution is 0.616. The first-order valence-corrected chi connectivity index (χ1v) is 5.28. The van der Waals surface area contributed by atoms with Crippen LogP contribution in [0.4, 0.5) is 10.1 Å². The molecule has 4 heteroatoms. The van der Waals surface area contributed by atoms with Crippen LogP contribution in [-0.2, 0) is 0 Å². The molecule has 2 nitrogen and oxygen atoms in total. The van der Waals surface area contributed by atoms with Crippen molar-refractivity contribution in [3.8, 4) is 5.69 Å². The Bertz CT molecular complexity index is 546. The van der Waals surface area contributed by atoms with Gasteiger partial charge >= 0.3 is 0 Å². The first-order chi connectivity index (χ1) is 7.50. The van der Waals surface area contributed by atoms with Crippen LogP contribution < -0.4 is 5.73 Å². The minimum Gasteiger partial charge on any atom is -0.399 e. The number of hydrogen-bond donors (Lipinski definition) is 1. The highest BCUT2D eigenvalue weighted by Crippen LogP contribution is 2.26. The molecular formula is C12H12ClFN2. The van der Waals surface area contributed by atoms with Crippen LogP contribution in [0.3, 0.4) is 0 Å². The Hall–Kier alpha value is -1.48. The fourth-order valence-corrected chi connectivity index (χ4v) is 2.04. The van der Waals surface area contributed by atoms with E-state index in [1.165, 1.54) is 6.07 Å². The molecule has 0 radical (unpaired) electrons. The second-order valence-corrected chi connectivity index (χ2v) is 4.17. The molecule has 2 rings (SSSR count). The Balaban J connectivity index is 2.67. The largest absolute Gasteiger partial charge is 0.399 e. The molecule has 0 fully saturated rings. The highest BCUT2D eigenvalue weighted by molar-refractivity contribution is 6.31. The number of nitrogen functional groups attached to an aromatic ring is 1. The van der Waals surface area contributed by atoms with E-state index < -0.39 is 0 Å². The number of hydrogen-bond acceptors (Lipinski definition) is 1. The van der Waals surface area contributed by atoms with Gasteiger partial charge in [0.1, 0.15) is 5.82 Å². The summed E-state index contributed by atoms with van der Waals surface area (Å²) < 4.78 is 15.5. The van der Waals surface area contributed by atoms with Crippen molar-refractivity contribution >= 4 is 17.3 Å². The van der Waals surface area contributed by atoms with Gasteiger partial charge in [-0.1, -0.05) is 11.6 Å². The van der Waals surface area contributed by atoms with Crippen molar-refractivity contribution < 1.29 is 4.39 Å². The van der Waals surface area contributed by atoms with Crippen LogP contribution in [0.1, 0.15) is 11.4 Å². The van der Waals surface area contributed by atoms with Crippen molar-refractivity contribution in [2.45, 2.75) is 13.8 Å². The average Bonchev–Trinajstić information content (AvgIpc) is 2.43. The maximum absolute atomic E-state index is 13.8. The SMILES string of the molecule is Cc1cc(Cl)c(C)n1-c1ccc(N)cc1F. The van der Waals surface area contributed by atoms with E-state index in [1.807, 2.05) is 19.9 Å². The first kappa shape index (κ1) is 11.0. The summed E-state index contributed by atoms with van der Waals surface area (Å²) in [6.07, 6.45) is 0. The fraction of sp³-hybridized carbons (Fsp3) is 0.167. The van der Waals surface area contributed by atoms with Crippen molar-refractivity contribution in [1.29, 1.82) is 0 Å². The predicted octanol–water partition coefficient (Wildman–Crippen LogP) is 3.47. The normalized spacial score (nSPS) is 10.8. The van der Waals surface area contributed by atoms with Crippen LogP contribution in [0, 0.1) is 19.7 Å². The van der Waals surface area contributed by atoms with Crippen LogP contribution in [0.25, 0.3) is 5.69 Å². The number of aryl methyl sites for hydroxylation is 1. The topological polar surface area (TPSA) is 30.9 Å². The molecule has 1 heterocycles. The molecule has 0 saturated heterocycles. The number of halogens is 2. The second-order valence-electron chi connectivity index (χ2n) is 3.77. The molecule has 0 atom stereocenters. The third kappa shape index (κ3) is 1.67. The predicted molar refractivity (Wildman–Crippen MR) is 64.6 cm³/mol. The lowest BCUT2D eigenvalue weighted by atomic mass is 10.2. The zero-order valence-corrected chi connectivity index (χ0v) is 9.85. The van der Waals surface area contributed by atoms with Crippen LogP contribution in [0.2, 0.25) is 5.02 Å². The number of benzene rings is 1. The third-order valence-electron chi connectivity index (χ3n) is 2.58. The van der Waals surface area contributed by atoms with Gasteiger partial charge in [0, 0.05) is 17.1 Å². The van der Waals surface area contributed by atoms with Gasteiger partial charge in [-0.05, 0) is 38.1 Å². The lowest BCUT2D eigenvalue weighted by Crippen LogP contribution is -2.02. The van der Waals surface area contributed by atoms with E-state index in [9.17, 15) is 4.39 Å². The maximum Gasteiger partial charge on any atom is 0.149 e. The molecule has 0 spiro atoms. The molecule has 0 bridgehead atoms. The number of nitrogens with zero attached hydrogens (tertiary/aromatic N) is 1. The van der Waals surface area contributed by atoms with E-state index in [2.05, 4.69) is 0 Å². The first-order valence-electron chi connectivity index (χ1n) is 4.90. The summed E-state index contributed by atoms with van der Waals surface area (Å²) in [6, 6.07) is 6.45. The Labute approximate surface area is 98.4 Å². The summed E-state index contributed by atoms with van der Waals surface area (Å²) in [6.45, 7) is 3.74. The van der Waals surface area contributed by atoms with Gasteiger partial charge in [-0.3, -0.25) is 0 Å². The minimum absolute atomic E-state index is 0.349. The standard InChI is InChI=1S/C12H12ClFN2/c1-7-5-10(13)8(2)16(7)12-4-3-9(15)6-11(12)14/h3-6H,15H2,1-2H3. The van der Waals surface area contributed by atoms with Gasteiger partial charge in [-0.25, -0.2) is 4.39 Å². The molecule has 0 aliphatic heterocycles. The summed E-state index contributed by atoms with van der Waals surface area (Å²) in [5.74, 6) is -0.349. The molecule has 0 aliphatic carbocycles. The molecule has 0 unspecified atom stereocenters. The maximum atomic E-state index is 13.8. The molecule has 1 aromatic carbocycles. The minimum atomic E-state index is -0.349. The Morgan fingerprint density at radius 2 is 1.94 bits per heavy atom. The van der Waals surface area contributed by atoms with Gasteiger partial charge in [-0.15, -0.1) is 0 Å². The molecule has 0 saturated carbocycles. The number of nitrogens with two attached hydrogens (primary N) is 1. The summed E-state index contributed by atoms with van der Waals surface area (Å²) in [5, 5.41) is 0.633. The second kappa shape index (κ2) is 3.83. The summed E-state index contributed by atoms with van der Waals surface area (Å²) >= 11 is 6.00. The zero-order chi connectivity index (χ0) is 11.9. The van der Waals surface area contributed by atoms with Crippen molar-refractivity contribution in [3.63, 3.8) is 0 Å². The van der Waals surface area contributed by atoms with E-state index >= 15 is 0 Å². The highest BCUT2D eigenvalue weighted by Gasteiger charge is 2.12. The van der Waals surface area contributed by atoms with Crippen LogP contribution in [0.15, 0.2) is 24.3 Å². The zero-order valence-electron chi connectivity index (χ0n) is 9.09. The smallest absolute Gasteiger partial charge is 0.149 e. The number of rotatable bonds is 1. The molecule has 0 amide bonds. The molecule has 16 heavy (non-hydrogen) atoms. The Kier molecular flexibility index (Phi) is 2.64. The van der Waals surface area contributed by atoms with Crippen molar-refractivity contribution in [1.82, 2.24) is 4.57 Å². The van der Waals surface area contributed by atoms with Gasteiger partial charge in [-0.2, -0.15) is 0 Å². The summed E-state index contributed by atoms with van der Waals surface area (Å²) in [5.41, 5.74) is 8.11. The van der Waals surface area contributed by atoms with Gasteiger partial charge < -0.3 is 10.3 Å². The van der Waals surface area contributed by atoms with Gasteiger partial charge in [0.25, 0.3) is 0 Å². The molecule has 0 aliphatic rings. The van der Waals surface area contributed by atoms with Gasteiger partial charge in [0.05, 0.1) is 10.7 Å². The average molecular weight is 239 g/mol. The third-order valence-corrected chi connectivity index (χ3v) is 2.96. The van der Waals surface area contributed by atoms with Crippen LogP contribution >= 0.6 is 11.6 Å². The number of aromatic nitrogens is 1. The molecule has 1 aromatic heterocycles. The van der Waals surface area contributed by atoms with Crippen molar-refractivity contribution in [2.75, 3.05) is 5.73 Å². The lowest BCUT2D eigenvalue weighted by Gasteiger charge is -2.10. The molecule has 2 N–H and O–H groups in total. The number of anilines is 1. The molecule has 84 valence electrons. The monoisotopic (exact) mass is 238 g/mol. The van der Waals surface area contributed by atoms with Gasteiger partial charge in [0.15, 0.2) is 0 Å². The summed E-state index contributed by atoms with van der Waals surface area (Å²) in [4.78, 5) is 0. The van der Waals surface area contributed by atoms with E-state index in [-0.39, 0.29) is 5.82 Å². The Morgan fingerprint density at radius 3 is 2.44 bits per heavy atom. The Morgan fingerprint density at radius 1 is 1.25 bits per heavy atom. The van der Waals surface area contributed by atoms with Crippen molar-refractivity contribution in [2.24, 2.45) is 0 Å². The molecule has 2 aromatic rings. The van der Waals surface area contributed by atoms with E-state index in [1.54, 1.807) is 16.7 Å². The van der Waals surface area contributed by atoms with Crippen LogP contribution in [0.5, 0.6) is 0 Å². The van der Waals surface area contributed by atoms with E-state index in [4.69, 9.17) is 17.3 Å². The summed E-state index contributed by atoms with van der Waals surface area (Å²) in [7, 11) is 0.